The van der Waals surface area contributed by atoms with Crippen molar-refractivity contribution in [2.24, 2.45) is 0 Å². The fourth-order valence-corrected chi connectivity index (χ4v) is 3.13. The molecule has 0 unspecified atom stereocenters. The predicted molar refractivity (Wildman–Crippen MR) is 99.0 cm³/mol. The number of hydrogen-bond donors (Lipinski definition) is 1. The summed E-state index contributed by atoms with van der Waals surface area (Å²) in [6.07, 6.45) is 0. The van der Waals surface area contributed by atoms with Gasteiger partial charge in [0.25, 0.3) is 0 Å². The van der Waals surface area contributed by atoms with E-state index in [-0.39, 0.29) is 29.3 Å². The minimum absolute atomic E-state index is 0. The van der Waals surface area contributed by atoms with Gasteiger partial charge in [0.1, 0.15) is 0 Å². The highest BCUT2D eigenvalue weighted by Gasteiger charge is 2.10. The van der Waals surface area contributed by atoms with Gasteiger partial charge in [-0.05, 0) is 24.6 Å². The number of rotatable bonds is 4. The second-order valence-electron chi connectivity index (χ2n) is 4.68. The molecule has 3 rings (SSSR count). The number of thiazole rings is 1. The lowest BCUT2D eigenvalue weighted by atomic mass is 10.1. The SMILES string of the molecule is Br.Cc1c(Cl)ccc2sc(NCC(=O)c3ccccc3)nc12. The third-order valence-corrected chi connectivity index (χ3v) is 4.63. The zero-order valence-corrected chi connectivity index (χ0v) is 15.1. The molecule has 3 nitrogen and oxygen atoms in total. The van der Waals surface area contributed by atoms with Crippen molar-refractivity contribution >= 4 is 61.1 Å². The number of aromatic nitrogens is 1. The van der Waals surface area contributed by atoms with E-state index in [9.17, 15) is 4.79 Å². The molecule has 1 heterocycles. The second-order valence-corrected chi connectivity index (χ2v) is 6.12. The van der Waals surface area contributed by atoms with Crippen LogP contribution < -0.4 is 5.32 Å². The number of carbonyl (C=O) groups is 1. The first kappa shape index (κ1) is 16.9. The van der Waals surface area contributed by atoms with E-state index in [4.69, 9.17) is 11.6 Å². The molecule has 0 saturated carbocycles. The van der Waals surface area contributed by atoms with Crippen LogP contribution in [0.3, 0.4) is 0 Å². The van der Waals surface area contributed by atoms with Crippen molar-refractivity contribution in [3.05, 3.63) is 58.6 Å². The molecule has 22 heavy (non-hydrogen) atoms. The maximum Gasteiger partial charge on any atom is 0.184 e. The second kappa shape index (κ2) is 7.22. The van der Waals surface area contributed by atoms with Gasteiger partial charge in [0.2, 0.25) is 0 Å². The van der Waals surface area contributed by atoms with Crippen LogP contribution >= 0.6 is 39.9 Å². The molecule has 0 fully saturated rings. The molecular formula is C16H14BrClN2OS. The molecule has 0 bridgehead atoms. The smallest absolute Gasteiger partial charge is 0.184 e. The Labute approximate surface area is 148 Å². The highest BCUT2D eigenvalue weighted by molar-refractivity contribution is 8.93. The van der Waals surface area contributed by atoms with Crippen LogP contribution in [-0.2, 0) is 0 Å². The normalized spacial score (nSPS) is 10.3. The molecule has 0 radical (unpaired) electrons. The third kappa shape index (κ3) is 3.48. The van der Waals surface area contributed by atoms with Crippen LogP contribution in [0.1, 0.15) is 15.9 Å². The lowest BCUT2D eigenvalue weighted by Gasteiger charge is -2.01. The van der Waals surface area contributed by atoms with Gasteiger partial charge in [-0.15, -0.1) is 17.0 Å². The highest BCUT2D eigenvalue weighted by atomic mass is 79.9. The lowest BCUT2D eigenvalue weighted by molar-refractivity contribution is 0.101. The van der Waals surface area contributed by atoms with Gasteiger partial charge < -0.3 is 5.32 Å². The molecular weight excluding hydrogens is 384 g/mol. The molecule has 6 heteroatoms. The standard InChI is InChI=1S/C16H13ClN2OS.BrH/c1-10-12(17)7-8-14-15(10)19-16(21-14)18-9-13(20)11-5-3-2-4-6-11;/h2-8H,9H2,1H3,(H,18,19);1H. The maximum absolute atomic E-state index is 12.0. The molecule has 0 amide bonds. The van der Waals surface area contributed by atoms with Crippen molar-refractivity contribution in [3.63, 3.8) is 0 Å². The number of carbonyl (C=O) groups excluding carboxylic acids is 1. The summed E-state index contributed by atoms with van der Waals surface area (Å²) >= 11 is 7.62. The Hall–Kier alpha value is -1.43. The Morgan fingerprint density at radius 3 is 2.68 bits per heavy atom. The minimum Gasteiger partial charge on any atom is -0.354 e. The number of nitrogens with zero attached hydrogens (tertiary/aromatic N) is 1. The van der Waals surface area contributed by atoms with Gasteiger partial charge in [-0.3, -0.25) is 4.79 Å². The van der Waals surface area contributed by atoms with E-state index < -0.39 is 0 Å². The van der Waals surface area contributed by atoms with Gasteiger partial charge in [-0.2, -0.15) is 0 Å². The number of nitrogens with one attached hydrogen (secondary N) is 1. The molecule has 0 aliphatic carbocycles. The molecule has 2 aromatic carbocycles. The number of Topliss-reactive ketones (excluding diaryl/α,β-unsaturated/α-hetero) is 1. The van der Waals surface area contributed by atoms with Crippen LogP contribution in [0.15, 0.2) is 42.5 Å². The third-order valence-electron chi connectivity index (χ3n) is 3.24. The molecule has 1 aromatic heterocycles. The van der Waals surface area contributed by atoms with Crippen LogP contribution in [-0.4, -0.2) is 17.3 Å². The Morgan fingerprint density at radius 1 is 1.23 bits per heavy atom. The number of ketones is 1. The summed E-state index contributed by atoms with van der Waals surface area (Å²) in [6, 6.07) is 13.1. The number of benzene rings is 2. The quantitative estimate of drug-likeness (QED) is 0.620. The average Bonchev–Trinajstić information content (AvgIpc) is 2.93. The molecule has 0 saturated heterocycles. The van der Waals surface area contributed by atoms with Crippen molar-refractivity contribution in [2.45, 2.75) is 6.92 Å². The summed E-state index contributed by atoms with van der Waals surface area (Å²) in [4.78, 5) is 16.6. The highest BCUT2D eigenvalue weighted by Crippen LogP contribution is 2.31. The van der Waals surface area contributed by atoms with Gasteiger partial charge in [0.05, 0.1) is 16.8 Å². The summed E-state index contributed by atoms with van der Waals surface area (Å²) in [5.74, 6) is 0.0459. The Bertz CT molecular complexity index is 805. The van der Waals surface area contributed by atoms with Crippen molar-refractivity contribution in [1.29, 1.82) is 0 Å². The van der Waals surface area contributed by atoms with E-state index >= 15 is 0 Å². The number of anilines is 1. The van der Waals surface area contributed by atoms with Crippen LogP contribution in [0.5, 0.6) is 0 Å². The summed E-state index contributed by atoms with van der Waals surface area (Å²) in [5, 5.41) is 4.54. The van der Waals surface area contributed by atoms with Gasteiger partial charge in [-0.25, -0.2) is 4.98 Å². The van der Waals surface area contributed by atoms with E-state index in [2.05, 4.69) is 10.3 Å². The fraction of sp³-hybridized carbons (Fsp3) is 0.125. The lowest BCUT2D eigenvalue weighted by Crippen LogP contribution is -2.13. The average molecular weight is 398 g/mol. The maximum atomic E-state index is 12.0. The molecule has 0 aliphatic heterocycles. The molecule has 0 aliphatic rings. The van der Waals surface area contributed by atoms with Crippen molar-refractivity contribution in [2.75, 3.05) is 11.9 Å². The van der Waals surface area contributed by atoms with E-state index in [0.29, 0.717) is 10.6 Å². The van der Waals surface area contributed by atoms with E-state index in [0.717, 1.165) is 20.9 Å². The van der Waals surface area contributed by atoms with Crippen LogP contribution in [0, 0.1) is 6.92 Å². The number of fused-ring (bicyclic) bond motifs is 1. The Kier molecular flexibility index (Phi) is 5.56. The van der Waals surface area contributed by atoms with Crippen LogP contribution in [0.4, 0.5) is 5.13 Å². The summed E-state index contributed by atoms with van der Waals surface area (Å²) in [6.45, 7) is 2.18. The molecule has 3 aromatic rings. The molecule has 114 valence electrons. The van der Waals surface area contributed by atoms with Gasteiger partial charge in [0, 0.05) is 10.6 Å². The van der Waals surface area contributed by atoms with Crippen LogP contribution in [0.2, 0.25) is 5.02 Å². The first-order valence-corrected chi connectivity index (χ1v) is 7.72. The fourth-order valence-electron chi connectivity index (χ4n) is 2.06. The van der Waals surface area contributed by atoms with E-state index in [1.54, 1.807) is 0 Å². The van der Waals surface area contributed by atoms with Crippen molar-refractivity contribution < 1.29 is 4.79 Å². The molecule has 1 N–H and O–H groups in total. The van der Waals surface area contributed by atoms with Crippen molar-refractivity contribution in [3.8, 4) is 0 Å². The summed E-state index contributed by atoms with van der Waals surface area (Å²) in [7, 11) is 0. The Balaban J connectivity index is 0.00000176. The summed E-state index contributed by atoms with van der Waals surface area (Å²) in [5.41, 5.74) is 2.56. The van der Waals surface area contributed by atoms with E-state index in [1.165, 1.54) is 11.3 Å². The van der Waals surface area contributed by atoms with Crippen molar-refractivity contribution in [1.82, 2.24) is 4.98 Å². The molecule has 0 spiro atoms. The number of hydrogen-bond acceptors (Lipinski definition) is 4. The minimum atomic E-state index is 0. The Morgan fingerprint density at radius 2 is 1.95 bits per heavy atom. The topological polar surface area (TPSA) is 42.0 Å². The first-order chi connectivity index (χ1) is 10.1. The summed E-state index contributed by atoms with van der Waals surface area (Å²) < 4.78 is 1.06. The zero-order valence-electron chi connectivity index (χ0n) is 11.8. The van der Waals surface area contributed by atoms with Gasteiger partial charge in [0.15, 0.2) is 10.9 Å². The zero-order chi connectivity index (χ0) is 14.8. The number of aryl methyl sites for hydroxylation is 1. The largest absolute Gasteiger partial charge is 0.354 e. The van der Waals surface area contributed by atoms with Gasteiger partial charge in [-0.1, -0.05) is 53.3 Å². The van der Waals surface area contributed by atoms with Gasteiger partial charge >= 0.3 is 0 Å². The predicted octanol–water partition coefficient (Wildman–Crippen LogP) is 5.13. The van der Waals surface area contributed by atoms with Crippen LogP contribution in [0.25, 0.3) is 10.2 Å². The van der Waals surface area contributed by atoms with E-state index in [1.807, 2.05) is 49.4 Å². The first-order valence-electron chi connectivity index (χ1n) is 6.53. The molecule has 0 atom stereocenters. The monoisotopic (exact) mass is 396 g/mol. The number of halogens is 2.